The van der Waals surface area contributed by atoms with Crippen molar-refractivity contribution in [1.82, 2.24) is 0 Å². The molecule has 0 bridgehead atoms. The highest BCUT2D eigenvalue weighted by atomic mass is 19.1. The van der Waals surface area contributed by atoms with Gasteiger partial charge in [-0.3, -0.25) is 0 Å². The lowest BCUT2D eigenvalue weighted by molar-refractivity contribution is 0.414. The quantitative estimate of drug-likeness (QED) is 0.887. The van der Waals surface area contributed by atoms with Gasteiger partial charge in [0.1, 0.15) is 11.6 Å². The van der Waals surface area contributed by atoms with Crippen LogP contribution in [0.2, 0.25) is 0 Å². The molecule has 98 valence electrons. The van der Waals surface area contributed by atoms with E-state index < -0.39 is 0 Å². The number of methoxy groups -OCH3 is 1. The lowest BCUT2D eigenvalue weighted by Gasteiger charge is -2.26. The molecular weight excluding hydrogens is 241 g/mol. The Morgan fingerprint density at radius 3 is 2.68 bits per heavy atom. The second-order valence-corrected chi connectivity index (χ2v) is 4.86. The van der Waals surface area contributed by atoms with Gasteiger partial charge in [-0.05, 0) is 47.9 Å². The molecule has 1 heterocycles. The van der Waals surface area contributed by atoms with E-state index in [1.807, 2.05) is 18.2 Å². The maximum Gasteiger partial charge on any atom is 0.123 e. The van der Waals surface area contributed by atoms with Crippen LogP contribution in [0.15, 0.2) is 42.5 Å². The van der Waals surface area contributed by atoms with E-state index in [9.17, 15) is 4.39 Å². The number of halogens is 1. The zero-order valence-electron chi connectivity index (χ0n) is 10.8. The van der Waals surface area contributed by atoms with Crippen LogP contribution in [-0.4, -0.2) is 13.7 Å². The van der Waals surface area contributed by atoms with Gasteiger partial charge in [0.25, 0.3) is 0 Å². The minimum absolute atomic E-state index is 0.170. The first kappa shape index (κ1) is 12.0. The molecule has 1 aliphatic heterocycles. The van der Waals surface area contributed by atoms with Crippen molar-refractivity contribution >= 4 is 5.69 Å². The zero-order chi connectivity index (χ0) is 13.2. The van der Waals surface area contributed by atoms with Crippen molar-refractivity contribution in [2.24, 2.45) is 0 Å². The van der Waals surface area contributed by atoms with Crippen molar-refractivity contribution in [1.29, 1.82) is 0 Å². The number of benzene rings is 2. The second-order valence-electron chi connectivity index (χ2n) is 4.86. The molecule has 1 N–H and O–H groups in total. The van der Waals surface area contributed by atoms with Gasteiger partial charge in [-0.15, -0.1) is 0 Å². The summed E-state index contributed by atoms with van der Waals surface area (Å²) in [6, 6.07) is 13.0. The molecule has 3 rings (SSSR count). The summed E-state index contributed by atoms with van der Waals surface area (Å²) in [5.41, 5.74) is 3.35. The number of hydrogen-bond donors (Lipinski definition) is 1. The van der Waals surface area contributed by atoms with Gasteiger partial charge in [-0.25, -0.2) is 4.39 Å². The van der Waals surface area contributed by atoms with Crippen LogP contribution in [-0.2, 0) is 6.42 Å². The van der Waals surface area contributed by atoms with E-state index in [2.05, 4.69) is 17.4 Å². The van der Waals surface area contributed by atoms with Crippen LogP contribution in [0, 0.1) is 5.82 Å². The molecule has 0 saturated carbocycles. The molecule has 2 nitrogen and oxygen atoms in total. The third-order valence-electron chi connectivity index (χ3n) is 3.66. The molecule has 2 aromatic rings. The average molecular weight is 257 g/mol. The third kappa shape index (κ3) is 2.41. The second kappa shape index (κ2) is 4.92. The summed E-state index contributed by atoms with van der Waals surface area (Å²) < 4.78 is 18.4. The molecular formula is C16H16FNO. The highest BCUT2D eigenvalue weighted by Gasteiger charge is 2.20. The van der Waals surface area contributed by atoms with E-state index in [0.29, 0.717) is 5.92 Å². The van der Waals surface area contributed by atoms with Gasteiger partial charge >= 0.3 is 0 Å². The largest absolute Gasteiger partial charge is 0.497 e. The fourth-order valence-corrected chi connectivity index (χ4v) is 2.59. The summed E-state index contributed by atoms with van der Waals surface area (Å²) in [7, 11) is 1.66. The number of ether oxygens (including phenoxy) is 1. The first-order chi connectivity index (χ1) is 9.26. The number of hydrogen-bond acceptors (Lipinski definition) is 2. The van der Waals surface area contributed by atoms with E-state index in [4.69, 9.17) is 4.74 Å². The molecule has 1 aliphatic rings. The van der Waals surface area contributed by atoms with Crippen LogP contribution in [0.25, 0.3) is 0 Å². The summed E-state index contributed by atoms with van der Waals surface area (Å²) in [5, 5.41) is 3.37. The maximum absolute atomic E-state index is 13.3. The monoisotopic (exact) mass is 257 g/mol. The standard InChI is InChI=1S/C16H16FNO/c1-19-15-5-2-11(3-6-15)13-8-12-9-14(17)4-7-16(12)18-10-13/h2-7,9,13,18H,8,10H2,1H3. The van der Waals surface area contributed by atoms with E-state index in [1.54, 1.807) is 13.2 Å². The Kier molecular flexibility index (Phi) is 3.11. The fraction of sp³-hybridized carbons (Fsp3) is 0.250. The molecule has 0 aliphatic carbocycles. The molecule has 0 aromatic heterocycles. The molecule has 3 heteroatoms. The number of nitrogens with one attached hydrogen (secondary N) is 1. The summed E-state index contributed by atoms with van der Waals surface area (Å²) in [6.45, 7) is 0.880. The molecule has 0 spiro atoms. The molecule has 2 aromatic carbocycles. The van der Waals surface area contributed by atoms with Crippen LogP contribution in [0.1, 0.15) is 17.0 Å². The first-order valence-electron chi connectivity index (χ1n) is 6.42. The Morgan fingerprint density at radius 1 is 1.16 bits per heavy atom. The SMILES string of the molecule is COc1ccc(C2CNc3ccc(F)cc3C2)cc1. The predicted molar refractivity (Wildman–Crippen MR) is 74.3 cm³/mol. The fourth-order valence-electron chi connectivity index (χ4n) is 2.59. The Balaban J connectivity index is 1.84. The van der Waals surface area contributed by atoms with Gasteiger partial charge in [-0.1, -0.05) is 12.1 Å². The van der Waals surface area contributed by atoms with Crippen LogP contribution in [0.4, 0.5) is 10.1 Å². The molecule has 0 amide bonds. The number of rotatable bonds is 2. The molecule has 19 heavy (non-hydrogen) atoms. The summed E-state index contributed by atoms with van der Waals surface area (Å²) in [5.74, 6) is 1.06. The molecule has 1 unspecified atom stereocenters. The van der Waals surface area contributed by atoms with Crippen molar-refractivity contribution in [3.05, 3.63) is 59.4 Å². The third-order valence-corrected chi connectivity index (χ3v) is 3.66. The van der Waals surface area contributed by atoms with Crippen LogP contribution in [0.5, 0.6) is 5.75 Å². The van der Waals surface area contributed by atoms with Gasteiger partial charge in [0, 0.05) is 18.2 Å². The van der Waals surface area contributed by atoms with E-state index in [1.165, 1.54) is 11.6 Å². The Labute approximate surface area is 112 Å². The van der Waals surface area contributed by atoms with Gasteiger partial charge in [0.15, 0.2) is 0 Å². The van der Waals surface area contributed by atoms with Crippen LogP contribution < -0.4 is 10.1 Å². The van der Waals surface area contributed by atoms with E-state index in [0.717, 1.165) is 30.0 Å². The van der Waals surface area contributed by atoms with E-state index in [-0.39, 0.29) is 5.82 Å². The Hall–Kier alpha value is -2.03. The molecule has 0 radical (unpaired) electrons. The summed E-state index contributed by atoms with van der Waals surface area (Å²) in [4.78, 5) is 0. The summed E-state index contributed by atoms with van der Waals surface area (Å²) >= 11 is 0. The van der Waals surface area contributed by atoms with Gasteiger partial charge in [-0.2, -0.15) is 0 Å². The van der Waals surface area contributed by atoms with Gasteiger partial charge in [0.2, 0.25) is 0 Å². The van der Waals surface area contributed by atoms with Crippen LogP contribution in [0.3, 0.4) is 0 Å². The molecule has 0 saturated heterocycles. The van der Waals surface area contributed by atoms with Crippen molar-refractivity contribution in [2.75, 3.05) is 19.0 Å². The highest BCUT2D eigenvalue weighted by Crippen LogP contribution is 2.31. The maximum atomic E-state index is 13.3. The lowest BCUT2D eigenvalue weighted by Crippen LogP contribution is -2.21. The van der Waals surface area contributed by atoms with Crippen molar-refractivity contribution in [3.8, 4) is 5.75 Å². The van der Waals surface area contributed by atoms with Crippen LogP contribution >= 0.6 is 0 Å². The van der Waals surface area contributed by atoms with Crippen molar-refractivity contribution < 1.29 is 9.13 Å². The number of fused-ring (bicyclic) bond motifs is 1. The van der Waals surface area contributed by atoms with Crippen molar-refractivity contribution in [3.63, 3.8) is 0 Å². The molecule has 1 atom stereocenters. The smallest absolute Gasteiger partial charge is 0.123 e. The number of anilines is 1. The average Bonchev–Trinajstić information content (AvgIpc) is 2.46. The topological polar surface area (TPSA) is 21.3 Å². The zero-order valence-corrected chi connectivity index (χ0v) is 10.8. The van der Waals surface area contributed by atoms with Gasteiger partial charge < -0.3 is 10.1 Å². The highest BCUT2D eigenvalue weighted by molar-refractivity contribution is 5.54. The van der Waals surface area contributed by atoms with E-state index >= 15 is 0 Å². The normalized spacial score (nSPS) is 17.5. The van der Waals surface area contributed by atoms with Crippen molar-refractivity contribution in [2.45, 2.75) is 12.3 Å². The lowest BCUT2D eigenvalue weighted by atomic mass is 9.88. The predicted octanol–water partition coefficient (Wildman–Crippen LogP) is 3.59. The Bertz CT molecular complexity index is 580. The Morgan fingerprint density at radius 2 is 1.95 bits per heavy atom. The van der Waals surface area contributed by atoms with Gasteiger partial charge in [0.05, 0.1) is 7.11 Å². The molecule has 0 fully saturated rings. The minimum Gasteiger partial charge on any atom is -0.497 e. The first-order valence-corrected chi connectivity index (χ1v) is 6.42. The summed E-state index contributed by atoms with van der Waals surface area (Å²) in [6.07, 6.45) is 0.867. The minimum atomic E-state index is -0.170.